The second-order valence-corrected chi connectivity index (χ2v) is 7.30. The molecule has 6 heteroatoms. The minimum Gasteiger partial charge on any atom is -0.481 e. The molecule has 3 heterocycles. The van der Waals surface area contributed by atoms with E-state index in [0.717, 1.165) is 31.1 Å². The van der Waals surface area contributed by atoms with Crippen molar-refractivity contribution in [1.29, 1.82) is 0 Å². The molecule has 5 nitrogen and oxygen atoms in total. The first-order valence-corrected chi connectivity index (χ1v) is 9.41. The molecule has 1 saturated heterocycles. The number of aromatic nitrogens is 2. The van der Waals surface area contributed by atoms with Crippen molar-refractivity contribution in [2.45, 2.75) is 45.8 Å². The Morgan fingerprint density at radius 3 is 2.74 bits per heavy atom. The van der Waals surface area contributed by atoms with Gasteiger partial charge in [-0.05, 0) is 63.8 Å². The van der Waals surface area contributed by atoms with Gasteiger partial charge in [0, 0.05) is 30.9 Å². The van der Waals surface area contributed by atoms with Crippen LogP contribution in [0.15, 0.2) is 36.5 Å². The van der Waals surface area contributed by atoms with E-state index in [2.05, 4.69) is 40.0 Å². The maximum atomic E-state index is 5.72. The van der Waals surface area contributed by atoms with Gasteiger partial charge in [0.2, 0.25) is 11.8 Å². The van der Waals surface area contributed by atoms with Gasteiger partial charge < -0.3 is 9.47 Å². The van der Waals surface area contributed by atoms with Crippen LogP contribution in [0.3, 0.4) is 0 Å². The number of nitrogens with zero attached hydrogens (tertiary/aromatic N) is 3. The van der Waals surface area contributed by atoms with Gasteiger partial charge in [0.1, 0.15) is 0 Å². The van der Waals surface area contributed by atoms with Gasteiger partial charge in [-0.1, -0.05) is 6.07 Å². The van der Waals surface area contributed by atoms with Gasteiger partial charge in [-0.2, -0.15) is 13.5 Å². The lowest BCUT2D eigenvalue weighted by atomic mass is 9.99. The van der Waals surface area contributed by atoms with Crippen molar-refractivity contribution in [3.63, 3.8) is 0 Å². The Bertz CT molecular complexity index is 726. The van der Waals surface area contributed by atoms with E-state index >= 15 is 0 Å². The minimum absolute atomic E-state index is 0. The quantitative estimate of drug-likeness (QED) is 0.716. The number of likely N-dealkylation sites (tertiary alicyclic amines) is 1. The topological polar surface area (TPSA) is 47.5 Å². The Labute approximate surface area is 169 Å². The zero-order chi connectivity index (χ0) is 18.5. The second kappa shape index (κ2) is 9.95. The van der Waals surface area contributed by atoms with Crippen molar-refractivity contribution in [3.8, 4) is 11.8 Å². The lowest BCUT2D eigenvalue weighted by Gasteiger charge is -2.24. The highest BCUT2D eigenvalue weighted by Gasteiger charge is 2.27. The molecule has 0 aliphatic carbocycles. The van der Waals surface area contributed by atoms with Crippen LogP contribution in [0.2, 0.25) is 0 Å². The molecule has 148 valence electrons. The van der Waals surface area contributed by atoms with Gasteiger partial charge in [-0.25, -0.2) is 9.97 Å². The monoisotopic (exact) mass is 389 g/mol. The van der Waals surface area contributed by atoms with Gasteiger partial charge >= 0.3 is 0 Å². The molecule has 2 aromatic rings. The predicted octanol–water partition coefficient (Wildman–Crippen LogP) is 4.01. The lowest BCUT2D eigenvalue weighted by molar-refractivity contribution is 0.232. The Morgan fingerprint density at radius 1 is 1.19 bits per heavy atom. The van der Waals surface area contributed by atoms with Crippen molar-refractivity contribution in [2.75, 3.05) is 20.2 Å². The van der Waals surface area contributed by atoms with Crippen molar-refractivity contribution >= 4 is 13.5 Å². The van der Waals surface area contributed by atoms with E-state index in [9.17, 15) is 0 Å². The summed E-state index contributed by atoms with van der Waals surface area (Å²) in [4.78, 5) is 11.4. The largest absolute Gasteiger partial charge is 0.481 e. The van der Waals surface area contributed by atoms with Crippen molar-refractivity contribution in [2.24, 2.45) is 5.92 Å². The minimum atomic E-state index is 0. The summed E-state index contributed by atoms with van der Waals surface area (Å²) in [6.07, 6.45) is 4.27. The Hall–Kier alpha value is -1.79. The van der Waals surface area contributed by atoms with E-state index in [0.29, 0.717) is 17.8 Å². The van der Waals surface area contributed by atoms with Crippen LogP contribution in [0, 0.1) is 5.92 Å². The van der Waals surface area contributed by atoms with Crippen LogP contribution in [0.25, 0.3) is 0 Å². The van der Waals surface area contributed by atoms with Crippen LogP contribution < -0.4 is 9.47 Å². The molecule has 0 aromatic carbocycles. The summed E-state index contributed by atoms with van der Waals surface area (Å²) in [5.74, 6) is 2.05. The first kappa shape index (κ1) is 21.5. The highest BCUT2D eigenvalue weighted by molar-refractivity contribution is 7.59. The molecule has 0 radical (unpaired) electrons. The van der Waals surface area contributed by atoms with Crippen LogP contribution in [0.5, 0.6) is 11.8 Å². The SMILES string of the molecule is COc1cccc(C(C)N2CC[C@H](Cc3ccnc(OC(C)C)c3)C2)n1.S. The molecule has 1 aliphatic heterocycles. The van der Waals surface area contributed by atoms with E-state index in [4.69, 9.17) is 9.47 Å². The summed E-state index contributed by atoms with van der Waals surface area (Å²) in [5.41, 5.74) is 2.37. The average molecular weight is 390 g/mol. The molecule has 2 atom stereocenters. The second-order valence-electron chi connectivity index (χ2n) is 7.30. The van der Waals surface area contributed by atoms with E-state index in [1.54, 1.807) is 7.11 Å². The summed E-state index contributed by atoms with van der Waals surface area (Å²) in [6, 6.07) is 10.5. The fraction of sp³-hybridized carbons (Fsp3) is 0.524. The molecule has 0 amide bonds. The Morgan fingerprint density at radius 2 is 2.00 bits per heavy atom. The maximum absolute atomic E-state index is 5.72. The normalized spacial score (nSPS) is 18.2. The molecule has 0 saturated carbocycles. The third-order valence-corrected chi connectivity index (χ3v) is 4.93. The average Bonchev–Trinajstić information content (AvgIpc) is 3.09. The number of ether oxygens (including phenoxy) is 2. The summed E-state index contributed by atoms with van der Waals surface area (Å²) < 4.78 is 11.0. The van der Waals surface area contributed by atoms with Crippen LogP contribution in [-0.4, -0.2) is 41.2 Å². The third-order valence-electron chi connectivity index (χ3n) is 4.93. The number of rotatable bonds is 7. The molecule has 0 bridgehead atoms. The van der Waals surface area contributed by atoms with Crippen molar-refractivity contribution < 1.29 is 9.47 Å². The smallest absolute Gasteiger partial charge is 0.213 e. The fourth-order valence-corrected chi connectivity index (χ4v) is 3.56. The molecule has 1 aliphatic rings. The molecule has 1 unspecified atom stereocenters. The summed E-state index contributed by atoms with van der Waals surface area (Å²) in [7, 11) is 1.66. The summed E-state index contributed by atoms with van der Waals surface area (Å²) in [5, 5.41) is 0. The number of hydrogen-bond acceptors (Lipinski definition) is 5. The zero-order valence-corrected chi connectivity index (χ0v) is 17.7. The molecule has 0 N–H and O–H groups in total. The van der Waals surface area contributed by atoms with Gasteiger partial charge in [-0.15, -0.1) is 0 Å². The summed E-state index contributed by atoms with van der Waals surface area (Å²) in [6.45, 7) is 8.47. The molecular weight excluding hydrogens is 358 g/mol. The molecule has 2 aromatic heterocycles. The molecular formula is C21H31N3O2S. The van der Waals surface area contributed by atoms with Gasteiger partial charge in [-0.3, -0.25) is 4.90 Å². The number of methoxy groups -OCH3 is 1. The first-order chi connectivity index (χ1) is 12.5. The van der Waals surface area contributed by atoms with Crippen molar-refractivity contribution in [1.82, 2.24) is 14.9 Å². The molecule has 1 fully saturated rings. The Balaban J connectivity index is 0.00000261. The highest BCUT2D eigenvalue weighted by atomic mass is 32.1. The number of pyridine rings is 2. The van der Waals surface area contributed by atoms with Gasteiger partial charge in [0.15, 0.2) is 0 Å². The van der Waals surface area contributed by atoms with Gasteiger partial charge in [0.05, 0.1) is 18.9 Å². The lowest BCUT2D eigenvalue weighted by Crippen LogP contribution is -2.25. The van der Waals surface area contributed by atoms with E-state index in [-0.39, 0.29) is 19.6 Å². The first-order valence-electron chi connectivity index (χ1n) is 9.41. The summed E-state index contributed by atoms with van der Waals surface area (Å²) >= 11 is 0. The Kier molecular flexibility index (Phi) is 7.92. The van der Waals surface area contributed by atoms with Crippen LogP contribution in [0.1, 0.15) is 44.5 Å². The maximum Gasteiger partial charge on any atom is 0.213 e. The zero-order valence-electron chi connectivity index (χ0n) is 16.7. The molecule has 0 spiro atoms. The highest BCUT2D eigenvalue weighted by Crippen LogP contribution is 2.29. The predicted molar refractivity (Wildman–Crippen MR) is 113 cm³/mol. The third kappa shape index (κ3) is 5.84. The van der Waals surface area contributed by atoms with Crippen LogP contribution in [-0.2, 0) is 6.42 Å². The van der Waals surface area contributed by atoms with Crippen LogP contribution >= 0.6 is 13.5 Å². The fourth-order valence-electron chi connectivity index (χ4n) is 3.56. The van der Waals surface area contributed by atoms with E-state index < -0.39 is 0 Å². The van der Waals surface area contributed by atoms with Gasteiger partial charge in [0.25, 0.3) is 0 Å². The van der Waals surface area contributed by atoms with Crippen LogP contribution in [0.4, 0.5) is 0 Å². The van der Waals surface area contributed by atoms with E-state index in [1.807, 2.05) is 32.2 Å². The molecule has 27 heavy (non-hydrogen) atoms. The van der Waals surface area contributed by atoms with E-state index in [1.165, 1.54) is 12.0 Å². The molecule has 3 rings (SSSR count). The standard InChI is InChI=1S/C21H29N3O2.H2S/c1-15(2)26-21-13-17(8-10-22-21)12-18-9-11-24(14-18)16(3)19-6-5-7-20(23-19)25-4;/h5-8,10,13,15-16,18H,9,11-12,14H2,1-4H3;1H2/t16?,18-;/m1./s1. The number of hydrogen-bond donors (Lipinski definition) is 0. The van der Waals surface area contributed by atoms with Crippen molar-refractivity contribution in [3.05, 3.63) is 47.8 Å².